The first kappa shape index (κ1) is 21.7. The van der Waals surface area contributed by atoms with Gasteiger partial charge in [-0.1, -0.05) is 36.4 Å². The quantitative estimate of drug-likeness (QED) is 0.444. The van der Waals surface area contributed by atoms with Gasteiger partial charge in [0.1, 0.15) is 11.5 Å². The molecule has 0 aliphatic carbocycles. The Labute approximate surface area is 192 Å². The van der Waals surface area contributed by atoms with Gasteiger partial charge in [-0.15, -0.1) is 0 Å². The summed E-state index contributed by atoms with van der Waals surface area (Å²) in [7, 11) is 3.21. The summed E-state index contributed by atoms with van der Waals surface area (Å²) in [6.07, 6.45) is 1.84. The lowest BCUT2D eigenvalue weighted by Gasteiger charge is -2.18. The number of rotatable bonds is 5. The highest BCUT2D eigenvalue weighted by Crippen LogP contribution is 2.40. The van der Waals surface area contributed by atoms with E-state index in [0.29, 0.717) is 21.6 Å². The predicted octanol–water partition coefficient (Wildman–Crippen LogP) is 6.13. The smallest absolute Gasteiger partial charge is 0.271 e. The monoisotopic (exact) mass is 444 g/mol. The van der Waals surface area contributed by atoms with E-state index in [-0.39, 0.29) is 5.91 Å². The number of hydrogen-bond donors (Lipinski definition) is 0. The number of carbonyl (C=O) groups is 1. The Kier molecular flexibility index (Phi) is 6.32. The van der Waals surface area contributed by atoms with E-state index in [1.807, 2.05) is 80.6 Å². The molecule has 0 saturated carbocycles. The number of nitrogens with zero attached hydrogens (tertiary/aromatic N) is 2. The second-order valence-corrected chi connectivity index (χ2v) is 8.34. The molecule has 4 rings (SSSR count). The van der Waals surface area contributed by atoms with E-state index in [1.165, 1.54) is 11.8 Å². The molecule has 0 spiro atoms. The summed E-state index contributed by atoms with van der Waals surface area (Å²) in [5.41, 5.74) is 4.51. The molecule has 0 aromatic heterocycles. The van der Waals surface area contributed by atoms with Crippen molar-refractivity contribution in [3.8, 4) is 11.5 Å². The Bertz CT molecular complexity index is 1230. The molecular formula is C26H24N2O3S. The minimum Gasteiger partial charge on any atom is -0.497 e. The van der Waals surface area contributed by atoms with E-state index >= 15 is 0 Å². The highest BCUT2D eigenvalue weighted by Gasteiger charge is 2.35. The van der Waals surface area contributed by atoms with Gasteiger partial charge in [0.15, 0.2) is 5.17 Å². The molecule has 0 atom stereocenters. The maximum atomic E-state index is 13.6. The van der Waals surface area contributed by atoms with Crippen LogP contribution in [0.3, 0.4) is 0 Å². The summed E-state index contributed by atoms with van der Waals surface area (Å²) in [6, 6.07) is 21.3. The van der Waals surface area contributed by atoms with Crippen molar-refractivity contribution in [1.82, 2.24) is 0 Å². The van der Waals surface area contributed by atoms with Crippen LogP contribution in [0.5, 0.6) is 11.5 Å². The van der Waals surface area contributed by atoms with Crippen LogP contribution in [0.2, 0.25) is 0 Å². The molecule has 6 heteroatoms. The van der Waals surface area contributed by atoms with E-state index < -0.39 is 0 Å². The molecule has 1 aliphatic heterocycles. The van der Waals surface area contributed by atoms with Gasteiger partial charge in [-0.05, 0) is 67.1 Å². The number of hydrogen-bond acceptors (Lipinski definition) is 5. The second-order valence-electron chi connectivity index (χ2n) is 7.33. The van der Waals surface area contributed by atoms with Crippen molar-refractivity contribution in [1.29, 1.82) is 0 Å². The van der Waals surface area contributed by atoms with Crippen molar-refractivity contribution in [2.24, 2.45) is 4.99 Å². The molecule has 1 saturated heterocycles. The lowest BCUT2D eigenvalue weighted by molar-refractivity contribution is -0.113. The molecule has 5 nitrogen and oxygen atoms in total. The van der Waals surface area contributed by atoms with Crippen LogP contribution in [0.1, 0.15) is 16.7 Å². The summed E-state index contributed by atoms with van der Waals surface area (Å²) in [6.45, 7) is 4.00. The van der Waals surface area contributed by atoms with Gasteiger partial charge in [-0.3, -0.25) is 9.69 Å². The van der Waals surface area contributed by atoms with Crippen molar-refractivity contribution >= 4 is 40.3 Å². The second kappa shape index (κ2) is 9.32. The molecule has 3 aromatic carbocycles. The molecule has 162 valence electrons. The van der Waals surface area contributed by atoms with Crippen LogP contribution in [0.15, 0.2) is 76.6 Å². The third-order valence-electron chi connectivity index (χ3n) is 5.22. The van der Waals surface area contributed by atoms with Gasteiger partial charge < -0.3 is 9.47 Å². The average molecular weight is 445 g/mol. The highest BCUT2D eigenvalue weighted by molar-refractivity contribution is 8.19. The first-order chi connectivity index (χ1) is 15.5. The molecule has 3 aromatic rings. The fourth-order valence-corrected chi connectivity index (χ4v) is 4.42. The Balaban J connectivity index is 1.82. The van der Waals surface area contributed by atoms with E-state index in [0.717, 1.165) is 28.1 Å². The van der Waals surface area contributed by atoms with Crippen LogP contribution in [0.4, 0.5) is 11.4 Å². The average Bonchev–Trinajstić information content (AvgIpc) is 3.10. The van der Waals surface area contributed by atoms with Crippen molar-refractivity contribution < 1.29 is 14.3 Å². The zero-order chi connectivity index (χ0) is 22.7. The number of thioether (sulfide) groups is 1. The van der Waals surface area contributed by atoms with Gasteiger partial charge in [0.05, 0.1) is 30.5 Å². The van der Waals surface area contributed by atoms with Crippen molar-refractivity contribution in [3.63, 3.8) is 0 Å². The number of aryl methyl sites for hydroxylation is 2. The third-order valence-corrected chi connectivity index (χ3v) is 6.19. The van der Waals surface area contributed by atoms with E-state index in [2.05, 4.69) is 0 Å². The number of methoxy groups -OCH3 is 2. The zero-order valence-electron chi connectivity index (χ0n) is 18.5. The summed E-state index contributed by atoms with van der Waals surface area (Å²) >= 11 is 1.36. The summed E-state index contributed by atoms with van der Waals surface area (Å²) < 4.78 is 10.8. The minimum absolute atomic E-state index is 0.116. The Morgan fingerprint density at radius 3 is 2.31 bits per heavy atom. The van der Waals surface area contributed by atoms with E-state index in [9.17, 15) is 4.79 Å². The summed E-state index contributed by atoms with van der Waals surface area (Å²) in [5, 5.41) is 0.623. The van der Waals surface area contributed by atoms with Gasteiger partial charge in [-0.25, -0.2) is 4.99 Å². The third kappa shape index (κ3) is 4.27. The fraction of sp³-hybridized carbons (Fsp3) is 0.154. The van der Waals surface area contributed by atoms with Crippen LogP contribution in [-0.4, -0.2) is 25.3 Å². The maximum Gasteiger partial charge on any atom is 0.271 e. The first-order valence-corrected chi connectivity index (χ1v) is 11.0. The molecule has 1 heterocycles. The van der Waals surface area contributed by atoms with Crippen molar-refractivity contribution in [3.05, 3.63) is 88.3 Å². The van der Waals surface area contributed by atoms with Crippen LogP contribution < -0.4 is 14.4 Å². The van der Waals surface area contributed by atoms with Gasteiger partial charge >= 0.3 is 0 Å². The van der Waals surface area contributed by atoms with Gasteiger partial charge in [0.2, 0.25) is 0 Å². The van der Waals surface area contributed by atoms with E-state index in [4.69, 9.17) is 14.5 Å². The molecule has 0 unspecified atom stereocenters. The molecule has 32 heavy (non-hydrogen) atoms. The van der Waals surface area contributed by atoms with Crippen molar-refractivity contribution in [2.45, 2.75) is 13.8 Å². The topological polar surface area (TPSA) is 51.1 Å². The van der Waals surface area contributed by atoms with Gasteiger partial charge in [0, 0.05) is 11.6 Å². The SMILES string of the molecule is COc1ccc(/C=C2/SC(=Nc3ccccc3C)N(c3ccccc3C)C2=O)c(OC)c1. The Hall–Kier alpha value is -3.51. The lowest BCUT2D eigenvalue weighted by Crippen LogP contribution is -2.29. The molecule has 1 fully saturated rings. The molecule has 0 bridgehead atoms. The van der Waals surface area contributed by atoms with Crippen LogP contribution in [-0.2, 0) is 4.79 Å². The van der Waals surface area contributed by atoms with E-state index in [1.54, 1.807) is 25.2 Å². The number of carbonyl (C=O) groups excluding carboxylic acids is 1. The van der Waals surface area contributed by atoms with Crippen LogP contribution in [0, 0.1) is 13.8 Å². The normalized spacial score (nSPS) is 16.1. The Morgan fingerprint density at radius 2 is 1.62 bits per heavy atom. The molecular weight excluding hydrogens is 420 g/mol. The largest absolute Gasteiger partial charge is 0.497 e. The maximum absolute atomic E-state index is 13.6. The van der Waals surface area contributed by atoms with Gasteiger partial charge in [0.25, 0.3) is 5.91 Å². The number of benzene rings is 3. The number of amides is 1. The highest BCUT2D eigenvalue weighted by atomic mass is 32.2. The number of anilines is 1. The fourth-order valence-electron chi connectivity index (χ4n) is 3.45. The zero-order valence-corrected chi connectivity index (χ0v) is 19.3. The number of amidine groups is 1. The summed E-state index contributed by atoms with van der Waals surface area (Å²) in [5.74, 6) is 1.21. The standard InChI is InChI=1S/C26H24N2O3S/c1-17-9-5-7-11-21(17)27-26-28(22-12-8-6-10-18(22)2)25(29)24(32-26)15-19-13-14-20(30-3)16-23(19)31-4/h5-16H,1-4H3/b24-15+,27-26?. The number of para-hydroxylation sites is 2. The number of ether oxygens (including phenoxy) is 2. The Morgan fingerprint density at radius 1 is 0.906 bits per heavy atom. The van der Waals surface area contributed by atoms with Crippen LogP contribution >= 0.6 is 11.8 Å². The summed E-state index contributed by atoms with van der Waals surface area (Å²) in [4.78, 5) is 20.7. The lowest BCUT2D eigenvalue weighted by atomic mass is 10.1. The van der Waals surface area contributed by atoms with Crippen molar-refractivity contribution in [2.75, 3.05) is 19.1 Å². The minimum atomic E-state index is -0.116. The first-order valence-electron chi connectivity index (χ1n) is 10.2. The number of aliphatic imine (C=N–C) groups is 1. The molecule has 0 radical (unpaired) electrons. The predicted molar refractivity (Wildman–Crippen MR) is 132 cm³/mol. The van der Waals surface area contributed by atoms with Crippen LogP contribution in [0.25, 0.3) is 6.08 Å². The molecule has 0 N–H and O–H groups in total. The molecule has 1 amide bonds. The molecule has 1 aliphatic rings. The van der Waals surface area contributed by atoms with Gasteiger partial charge in [-0.2, -0.15) is 0 Å².